The first-order valence-electron chi connectivity index (χ1n) is 6.16. The maximum absolute atomic E-state index is 11.8. The quantitative estimate of drug-likeness (QED) is 0.583. The van der Waals surface area contributed by atoms with E-state index < -0.39 is 5.97 Å². The van der Waals surface area contributed by atoms with Gasteiger partial charge in [0.25, 0.3) is 0 Å². The summed E-state index contributed by atoms with van der Waals surface area (Å²) in [5.41, 5.74) is 7.03. The van der Waals surface area contributed by atoms with Crippen molar-refractivity contribution in [3.8, 4) is 0 Å². The molecule has 2 aromatic rings. The Kier molecular flexibility index (Phi) is 4.84. The van der Waals surface area contributed by atoms with Gasteiger partial charge < -0.3 is 16.2 Å². The van der Waals surface area contributed by atoms with Crippen LogP contribution in [-0.2, 0) is 4.79 Å². The molecule has 108 valence electrons. The van der Waals surface area contributed by atoms with Crippen molar-refractivity contribution < 1.29 is 14.7 Å². The molecule has 0 aliphatic carbocycles. The first kappa shape index (κ1) is 14.9. The fraction of sp³-hybridized carbons (Fsp3) is 0.0667. The third-order valence-corrected chi connectivity index (χ3v) is 3.68. The van der Waals surface area contributed by atoms with E-state index in [-0.39, 0.29) is 17.2 Å². The third-order valence-electron chi connectivity index (χ3n) is 2.67. The number of anilines is 2. The van der Waals surface area contributed by atoms with Gasteiger partial charge in [0.2, 0.25) is 5.91 Å². The Morgan fingerprint density at radius 2 is 1.67 bits per heavy atom. The Morgan fingerprint density at radius 3 is 2.24 bits per heavy atom. The van der Waals surface area contributed by atoms with Crippen LogP contribution < -0.4 is 11.1 Å². The van der Waals surface area contributed by atoms with Gasteiger partial charge in [-0.25, -0.2) is 4.79 Å². The zero-order valence-electron chi connectivity index (χ0n) is 11.1. The van der Waals surface area contributed by atoms with Gasteiger partial charge in [-0.3, -0.25) is 4.79 Å². The number of amides is 1. The lowest BCUT2D eigenvalue weighted by molar-refractivity contribution is -0.113. The van der Waals surface area contributed by atoms with Gasteiger partial charge in [-0.1, -0.05) is 0 Å². The number of nitrogens with one attached hydrogen (secondary N) is 1. The number of hydrogen-bond acceptors (Lipinski definition) is 4. The van der Waals surface area contributed by atoms with Gasteiger partial charge in [0.15, 0.2) is 0 Å². The third kappa shape index (κ3) is 4.54. The smallest absolute Gasteiger partial charge is 0.335 e. The van der Waals surface area contributed by atoms with E-state index in [0.717, 1.165) is 4.90 Å². The molecule has 0 atom stereocenters. The van der Waals surface area contributed by atoms with Crippen LogP contribution in [0.1, 0.15) is 10.4 Å². The van der Waals surface area contributed by atoms with Gasteiger partial charge in [-0.15, -0.1) is 11.8 Å². The van der Waals surface area contributed by atoms with Gasteiger partial charge >= 0.3 is 5.97 Å². The molecule has 4 N–H and O–H groups in total. The molecular weight excluding hydrogens is 288 g/mol. The number of carbonyl (C=O) groups is 2. The molecule has 0 fully saturated rings. The lowest BCUT2D eigenvalue weighted by Gasteiger charge is -2.06. The van der Waals surface area contributed by atoms with Crippen LogP contribution in [0.2, 0.25) is 0 Å². The van der Waals surface area contributed by atoms with Crippen LogP contribution in [0.15, 0.2) is 53.4 Å². The van der Waals surface area contributed by atoms with Crippen LogP contribution in [0.3, 0.4) is 0 Å². The van der Waals surface area contributed by atoms with Crippen LogP contribution in [0, 0.1) is 0 Å². The number of thioether (sulfide) groups is 1. The maximum Gasteiger partial charge on any atom is 0.335 e. The van der Waals surface area contributed by atoms with E-state index >= 15 is 0 Å². The topological polar surface area (TPSA) is 92.4 Å². The SMILES string of the molecule is Nc1ccc(SCC(=O)Nc2ccc(C(=O)O)cc2)cc1. The fourth-order valence-corrected chi connectivity index (χ4v) is 2.30. The Balaban J connectivity index is 1.86. The predicted molar refractivity (Wildman–Crippen MR) is 83.6 cm³/mol. The fourth-order valence-electron chi connectivity index (χ4n) is 1.61. The highest BCUT2D eigenvalue weighted by Crippen LogP contribution is 2.19. The summed E-state index contributed by atoms with van der Waals surface area (Å²) in [6.45, 7) is 0. The Labute approximate surface area is 126 Å². The number of rotatable bonds is 5. The highest BCUT2D eigenvalue weighted by Gasteiger charge is 2.05. The Hall–Kier alpha value is -2.47. The first-order valence-corrected chi connectivity index (χ1v) is 7.15. The summed E-state index contributed by atoms with van der Waals surface area (Å²) in [4.78, 5) is 23.5. The molecule has 0 heterocycles. The average molecular weight is 302 g/mol. The van der Waals surface area contributed by atoms with E-state index in [1.807, 2.05) is 12.1 Å². The van der Waals surface area contributed by atoms with Crippen LogP contribution in [-0.4, -0.2) is 22.7 Å². The number of hydrogen-bond donors (Lipinski definition) is 3. The largest absolute Gasteiger partial charge is 0.478 e. The number of carboxylic acid groups (broad SMARTS) is 1. The molecule has 0 saturated carbocycles. The van der Waals surface area contributed by atoms with Crippen LogP contribution in [0.25, 0.3) is 0 Å². The molecule has 2 rings (SSSR count). The predicted octanol–water partition coefficient (Wildman–Crippen LogP) is 2.70. The number of nitrogen functional groups attached to an aromatic ring is 1. The van der Waals surface area contributed by atoms with Crippen molar-refractivity contribution in [2.24, 2.45) is 0 Å². The number of aromatic carboxylic acids is 1. The highest BCUT2D eigenvalue weighted by atomic mass is 32.2. The molecule has 21 heavy (non-hydrogen) atoms. The minimum absolute atomic E-state index is 0.153. The standard InChI is InChI=1S/C15H14N2O3S/c16-11-3-7-13(8-4-11)21-9-14(18)17-12-5-1-10(2-6-12)15(19)20/h1-8H,9,16H2,(H,17,18)(H,19,20). The van der Waals surface area contributed by atoms with E-state index in [9.17, 15) is 9.59 Å². The Bertz CT molecular complexity index is 639. The van der Waals surface area contributed by atoms with Crippen molar-refractivity contribution in [3.63, 3.8) is 0 Å². The average Bonchev–Trinajstić information content (AvgIpc) is 2.47. The molecule has 0 bridgehead atoms. The second kappa shape index (κ2) is 6.81. The zero-order valence-corrected chi connectivity index (χ0v) is 11.9. The summed E-state index contributed by atoms with van der Waals surface area (Å²) >= 11 is 1.40. The lowest BCUT2D eigenvalue weighted by Crippen LogP contribution is -2.14. The molecule has 0 aromatic heterocycles. The van der Waals surface area contributed by atoms with Crippen molar-refractivity contribution in [2.75, 3.05) is 16.8 Å². The summed E-state index contributed by atoms with van der Waals surface area (Å²) in [7, 11) is 0. The van der Waals surface area contributed by atoms with Crippen molar-refractivity contribution in [1.82, 2.24) is 0 Å². The van der Waals surface area contributed by atoms with Gasteiger partial charge in [-0.2, -0.15) is 0 Å². The number of benzene rings is 2. The number of carboxylic acids is 1. The first-order chi connectivity index (χ1) is 10.0. The number of carbonyl (C=O) groups excluding carboxylic acids is 1. The summed E-state index contributed by atoms with van der Waals surface area (Å²) in [5.74, 6) is -0.878. The molecule has 0 unspecified atom stereocenters. The summed E-state index contributed by atoms with van der Waals surface area (Å²) in [5, 5.41) is 11.5. The van der Waals surface area contributed by atoms with Crippen LogP contribution >= 0.6 is 11.8 Å². The molecule has 2 aromatic carbocycles. The second-order valence-electron chi connectivity index (χ2n) is 4.29. The molecule has 0 spiro atoms. The van der Waals surface area contributed by atoms with Crippen molar-refractivity contribution in [3.05, 3.63) is 54.1 Å². The summed E-state index contributed by atoms with van der Waals surface area (Å²) in [6, 6.07) is 13.3. The lowest BCUT2D eigenvalue weighted by atomic mass is 10.2. The van der Waals surface area contributed by atoms with E-state index in [1.54, 1.807) is 24.3 Å². The van der Waals surface area contributed by atoms with E-state index in [4.69, 9.17) is 10.8 Å². The van der Waals surface area contributed by atoms with Gasteiger partial charge in [0.1, 0.15) is 0 Å². The van der Waals surface area contributed by atoms with Crippen molar-refractivity contribution >= 4 is 35.0 Å². The molecule has 6 heteroatoms. The van der Waals surface area contributed by atoms with Gasteiger partial charge in [0.05, 0.1) is 11.3 Å². The van der Waals surface area contributed by atoms with Gasteiger partial charge in [-0.05, 0) is 48.5 Å². The molecule has 0 aliphatic rings. The molecule has 0 radical (unpaired) electrons. The summed E-state index contributed by atoms with van der Waals surface area (Å²) in [6.07, 6.45) is 0. The maximum atomic E-state index is 11.8. The molecule has 1 amide bonds. The molecule has 0 aliphatic heterocycles. The summed E-state index contributed by atoms with van der Waals surface area (Å²) < 4.78 is 0. The van der Waals surface area contributed by atoms with E-state index in [2.05, 4.69) is 5.32 Å². The minimum atomic E-state index is -0.994. The highest BCUT2D eigenvalue weighted by molar-refractivity contribution is 8.00. The van der Waals surface area contributed by atoms with Crippen molar-refractivity contribution in [2.45, 2.75) is 4.90 Å². The van der Waals surface area contributed by atoms with Gasteiger partial charge in [0, 0.05) is 16.3 Å². The minimum Gasteiger partial charge on any atom is -0.478 e. The molecule has 5 nitrogen and oxygen atoms in total. The van der Waals surface area contributed by atoms with Crippen molar-refractivity contribution in [1.29, 1.82) is 0 Å². The molecule has 0 saturated heterocycles. The van der Waals surface area contributed by atoms with Crippen LogP contribution in [0.4, 0.5) is 11.4 Å². The Morgan fingerprint density at radius 1 is 1.05 bits per heavy atom. The van der Waals surface area contributed by atoms with Crippen LogP contribution in [0.5, 0.6) is 0 Å². The zero-order chi connectivity index (χ0) is 15.2. The number of nitrogens with two attached hydrogens (primary N) is 1. The second-order valence-corrected chi connectivity index (χ2v) is 5.34. The monoisotopic (exact) mass is 302 g/mol. The molecular formula is C15H14N2O3S. The van der Waals surface area contributed by atoms with E-state index in [1.165, 1.54) is 23.9 Å². The normalized spacial score (nSPS) is 10.1. The van der Waals surface area contributed by atoms with E-state index in [0.29, 0.717) is 11.4 Å².